The summed E-state index contributed by atoms with van der Waals surface area (Å²) in [5.74, 6) is 0. The van der Waals surface area contributed by atoms with E-state index in [0.29, 0.717) is 18.8 Å². The number of ether oxygens (including phenoxy) is 1. The molecule has 1 aliphatic rings. The normalized spacial score (nSPS) is 19.9. The highest BCUT2D eigenvalue weighted by molar-refractivity contribution is 5.85. The number of benzene rings is 1. The van der Waals surface area contributed by atoms with Gasteiger partial charge in [0.25, 0.3) is 5.69 Å². The molecule has 88 valence electrons. The molecular formula is C10H13ClN2O3. The molecule has 0 bridgehead atoms. The number of nitro groups is 1. The summed E-state index contributed by atoms with van der Waals surface area (Å²) >= 11 is 0. The van der Waals surface area contributed by atoms with Gasteiger partial charge in [0.1, 0.15) is 0 Å². The average molecular weight is 245 g/mol. The molecule has 0 aliphatic carbocycles. The molecule has 1 aromatic rings. The molecule has 5 nitrogen and oxygen atoms in total. The first kappa shape index (κ1) is 12.9. The second-order valence-electron chi connectivity index (χ2n) is 3.40. The van der Waals surface area contributed by atoms with Gasteiger partial charge in [-0.3, -0.25) is 10.1 Å². The summed E-state index contributed by atoms with van der Waals surface area (Å²) in [5, 5.41) is 14.0. The van der Waals surface area contributed by atoms with Gasteiger partial charge in [0.2, 0.25) is 0 Å². The van der Waals surface area contributed by atoms with Crippen molar-refractivity contribution < 1.29 is 9.66 Å². The SMILES string of the molecule is Cl.O=[N+]([O-])c1ccccc1[C@H]1COCCN1. The van der Waals surface area contributed by atoms with Crippen LogP contribution in [-0.4, -0.2) is 24.7 Å². The van der Waals surface area contributed by atoms with Gasteiger partial charge in [-0.2, -0.15) is 0 Å². The van der Waals surface area contributed by atoms with Crippen molar-refractivity contribution in [3.05, 3.63) is 39.9 Å². The first-order chi connectivity index (χ1) is 7.29. The predicted molar refractivity (Wildman–Crippen MR) is 61.9 cm³/mol. The van der Waals surface area contributed by atoms with Gasteiger partial charge in [-0.15, -0.1) is 12.4 Å². The van der Waals surface area contributed by atoms with Crippen molar-refractivity contribution in [3.63, 3.8) is 0 Å². The van der Waals surface area contributed by atoms with Gasteiger partial charge < -0.3 is 10.1 Å². The predicted octanol–water partition coefficient (Wildman–Crippen LogP) is 1.68. The quantitative estimate of drug-likeness (QED) is 0.635. The van der Waals surface area contributed by atoms with E-state index in [2.05, 4.69) is 5.32 Å². The number of nitro benzene ring substituents is 1. The molecule has 1 heterocycles. The number of para-hydroxylation sites is 1. The van der Waals surface area contributed by atoms with Crippen LogP contribution in [0.25, 0.3) is 0 Å². The summed E-state index contributed by atoms with van der Waals surface area (Å²) in [4.78, 5) is 10.4. The Morgan fingerprint density at radius 2 is 2.19 bits per heavy atom. The van der Waals surface area contributed by atoms with Crippen LogP contribution in [0.3, 0.4) is 0 Å². The largest absolute Gasteiger partial charge is 0.378 e. The molecule has 0 saturated carbocycles. The molecule has 0 unspecified atom stereocenters. The lowest BCUT2D eigenvalue weighted by Gasteiger charge is -2.23. The number of halogens is 1. The summed E-state index contributed by atoms with van der Waals surface area (Å²) < 4.78 is 5.29. The fourth-order valence-electron chi connectivity index (χ4n) is 1.71. The zero-order chi connectivity index (χ0) is 10.7. The van der Waals surface area contributed by atoms with E-state index < -0.39 is 0 Å². The Morgan fingerprint density at radius 3 is 2.81 bits per heavy atom. The summed E-state index contributed by atoms with van der Waals surface area (Å²) in [5.41, 5.74) is 0.850. The maximum absolute atomic E-state index is 10.8. The zero-order valence-electron chi connectivity index (χ0n) is 8.59. The minimum Gasteiger partial charge on any atom is -0.378 e. The van der Waals surface area contributed by atoms with Crippen LogP contribution < -0.4 is 5.32 Å². The maximum Gasteiger partial charge on any atom is 0.274 e. The van der Waals surface area contributed by atoms with Crippen molar-refractivity contribution >= 4 is 18.1 Å². The van der Waals surface area contributed by atoms with E-state index in [-0.39, 0.29) is 29.1 Å². The molecule has 1 N–H and O–H groups in total. The van der Waals surface area contributed by atoms with Gasteiger partial charge in [-0.05, 0) is 0 Å². The average Bonchev–Trinajstić information content (AvgIpc) is 2.30. The molecule has 1 fully saturated rings. The Kier molecular flexibility index (Phi) is 4.67. The van der Waals surface area contributed by atoms with Gasteiger partial charge in [0.15, 0.2) is 0 Å². The molecule has 0 radical (unpaired) electrons. The number of hydrogen-bond donors (Lipinski definition) is 1. The smallest absolute Gasteiger partial charge is 0.274 e. The second kappa shape index (κ2) is 5.79. The van der Waals surface area contributed by atoms with Gasteiger partial charge >= 0.3 is 0 Å². The molecule has 0 amide bonds. The maximum atomic E-state index is 10.8. The van der Waals surface area contributed by atoms with E-state index in [1.54, 1.807) is 18.2 Å². The van der Waals surface area contributed by atoms with E-state index in [4.69, 9.17) is 4.74 Å². The van der Waals surface area contributed by atoms with Crippen molar-refractivity contribution in [1.82, 2.24) is 5.32 Å². The number of nitrogens with one attached hydrogen (secondary N) is 1. The Hall–Kier alpha value is -1.17. The molecule has 1 aromatic carbocycles. The summed E-state index contributed by atoms with van der Waals surface area (Å²) in [6.07, 6.45) is 0. The Labute approximate surface area is 99.4 Å². The summed E-state index contributed by atoms with van der Waals surface area (Å²) in [6, 6.07) is 6.69. The fraction of sp³-hybridized carbons (Fsp3) is 0.400. The van der Waals surface area contributed by atoms with Crippen molar-refractivity contribution in [2.24, 2.45) is 0 Å². The number of morpholine rings is 1. The molecule has 1 aliphatic heterocycles. The van der Waals surface area contributed by atoms with Crippen LogP contribution in [-0.2, 0) is 4.74 Å². The Balaban J connectivity index is 0.00000128. The van der Waals surface area contributed by atoms with E-state index in [0.717, 1.165) is 6.54 Å². The first-order valence-electron chi connectivity index (χ1n) is 4.83. The zero-order valence-corrected chi connectivity index (χ0v) is 9.40. The molecule has 16 heavy (non-hydrogen) atoms. The standard InChI is InChI=1S/C10H12N2O3.ClH/c13-12(14)10-4-2-1-3-8(10)9-7-15-6-5-11-9;/h1-4,9,11H,5-7H2;1H/t9-;/m1./s1. The van der Waals surface area contributed by atoms with Gasteiger partial charge in [0, 0.05) is 18.2 Å². The van der Waals surface area contributed by atoms with Crippen molar-refractivity contribution in [2.45, 2.75) is 6.04 Å². The number of hydrogen-bond acceptors (Lipinski definition) is 4. The van der Waals surface area contributed by atoms with Crippen LogP contribution in [0.1, 0.15) is 11.6 Å². The number of nitrogens with zero attached hydrogens (tertiary/aromatic N) is 1. The molecule has 1 atom stereocenters. The van der Waals surface area contributed by atoms with Gasteiger partial charge in [0.05, 0.1) is 24.2 Å². The lowest BCUT2D eigenvalue weighted by Crippen LogP contribution is -2.34. The van der Waals surface area contributed by atoms with E-state index in [1.165, 1.54) is 6.07 Å². The highest BCUT2D eigenvalue weighted by Gasteiger charge is 2.23. The molecule has 0 spiro atoms. The van der Waals surface area contributed by atoms with Crippen molar-refractivity contribution in [1.29, 1.82) is 0 Å². The Bertz CT molecular complexity index is 367. The monoisotopic (exact) mass is 244 g/mol. The Morgan fingerprint density at radius 1 is 1.44 bits per heavy atom. The van der Waals surface area contributed by atoms with E-state index >= 15 is 0 Å². The van der Waals surface area contributed by atoms with Crippen LogP contribution in [0.2, 0.25) is 0 Å². The highest BCUT2D eigenvalue weighted by Crippen LogP contribution is 2.25. The summed E-state index contributed by atoms with van der Waals surface area (Å²) in [7, 11) is 0. The molecule has 2 rings (SSSR count). The fourth-order valence-corrected chi connectivity index (χ4v) is 1.71. The van der Waals surface area contributed by atoms with E-state index in [9.17, 15) is 10.1 Å². The second-order valence-corrected chi connectivity index (χ2v) is 3.40. The third-order valence-corrected chi connectivity index (χ3v) is 2.43. The van der Waals surface area contributed by atoms with Crippen LogP contribution in [0.4, 0.5) is 5.69 Å². The van der Waals surface area contributed by atoms with Gasteiger partial charge in [-0.25, -0.2) is 0 Å². The molecule has 0 aromatic heterocycles. The first-order valence-corrected chi connectivity index (χ1v) is 4.83. The van der Waals surface area contributed by atoms with Gasteiger partial charge in [-0.1, -0.05) is 18.2 Å². The highest BCUT2D eigenvalue weighted by atomic mass is 35.5. The molecule has 6 heteroatoms. The lowest BCUT2D eigenvalue weighted by atomic mass is 10.0. The topological polar surface area (TPSA) is 64.4 Å². The third-order valence-electron chi connectivity index (χ3n) is 2.43. The minimum atomic E-state index is -0.356. The molecular weight excluding hydrogens is 232 g/mol. The van der Waals surface area contributed by atoms with Crippen LogP contribution in [0, 0.1) is 10.1 Å². The van der Waals surface area contributed by atoms with Crippen molar-refractivity contribution in [3.8, 4) is 0 Å². The lowest BCUT2D eigenvalue weighted by molar-refractivity contribution is -0.385. The minimum absolute atomic E-state index is 0. The third kappa shape index (κ3) is 2.69. The number of rotatable bonds is 2. The van der Waals surface area contributed by atoms with Crippen LogP contribution in [0.15, 0.2) is 24.3 Å². The van der Waals surface area contributed by atoms with E-state index in [1.807, 2.05) is 0 Å². The van der Waals surface area contributed by atoms with Crippen LogP contribution >= 0.6 is 12.4 Å². The molecule has 1 saturated heterocycles. The van der Waals surface area contributed by atoms with Crippen molar-refractivity contribution in [2.75, 3.05) is 19.8 Å². The van der Waals surface area contributed by atoms with Crippen LogP contribution in [0.5, 0.6) is 0 Å². The summed E-state index contributed by atoms with van der Waals surface area (Å²) in [6.45, 7) is 1.89.